The topological polar surface area (TPSA) is 127 Å². The summed E-state index contributed by atoms with van der Waals surface area (Å²) in [6.07, 6.45) is 2.25. The van der Waals surface area contributed by atoms with Crippen molar-refractivity contribution in [2.75, 3.05) is 0 Å². The van der Waals surface area contributed by atoms with Crippen LogP contribution in [0.15, 0.2) is 36.5 Å². The van der Waals surface area contributed by atoms with Gasteiger partial charge in [0.15, 0.2) is 5.69 Å². The van der Waals surface area contributed by atoms with Gasteiger partial charge in [-0.1, -0.05) is 25.5 Å². The highest BCUT2D eigenvalue weighted by molar-refractivity contribution is 5.96. The lowest BCUT2D eigenvalue weighted by Crippen LogP contribution is -2.52. The average molecular weight is 346 g/mol. The van der Waals surface area contributed by atoms with E-state index >= 15 is 0 Å². The van der Waals surface area contributed by atoms with E-state index in [1.807, 2.05) is 6.92 Å². The van der Waals surface area contributed by atoms with Crippen LogP contribution >= 0.6 is 0 Å². The standard InChI is InChI=1S/C16H18N4O5/c1-3-9-16(2,15(22)23)17-14(21)11-8-10-19(18-11)12-6-4-5-7-13(12)20(24)25/h4-8,10H,3,9H2,1-2H3,(H,17,21)(H,22,23). The van der Waals surface area contributed by atoms with Crippen LogP contribution < -0.4 is 5.32 Å². The first-order valence-electron chi connectivity index (χ1n) is 7.64. The third-order valence-electron chi connectivity index (χ3n) is 3.76. The molecule has 1 heterocycles. The Balaban J connectivity index is 2.28. The minimum Gasteiger partial charge on any atom is -0.480 e. The molecule has 0 saturated carbocycles. The summed E-state index contributed by atoms with van der Waals surface area (Å²) in [6.45, 7) is 3.24. The van der Waals surface area contributed by atoms with Gasteiger partial charge < -0.3 is 10.4 Å². The van der Waals surface area contributed by atoms with Gasteiger partial charge in [-0.25, -0.2) is 9.48 Å². The third kappa shape index (κ3) is 3.82. The number of nitrogens with one attached hydrogen (secondary N) is 1. The molecule has 25 heavy (non-hydrogen) atoms. The van der Waals surface area contributed by atoms with E-state index in [1.165, 1.54) is 42.1 Å². The van der Waals surface area contributed by atoms with Gasteiger partial charge in [0, 0.05) is 12.3 Å². The van der Waals surface area contributed by atoms with E-state index in [0.717, 1.165) is 0 Å². The molecule has 1 atom stereocenters. The molecule has 0 aliphatic carbocycles. The molecule has 0 radical (unpaired) electrons. The number of aliphatic carboxylic acids is 1. The Morgan fingerprint density at radius 1 is 1.36 bits per heavy atom. The predicted octanol–water partition coefficient (Wildman–Crippen LogP) is 2.15. The normalized spacial score (nSPS) is 13.0. The molecule has 0 spiro atoms. The number of nitro groups is 1. The van der Waals surface area contributed by atoms with Crippen molar-refractivity contribution in [1.82, 2.24) is 15.1 Å². The number of amides is 1. The van der Waals surface area contributed by atoms with Crippen molar-refractivity contribution in [2.45, 2.75) is 32.2 Å². The van der Waals surface area contributed by atoms with Gasteiger partial charge in [-0.15, -0.1) is 0 Å². The van der Waals surface area contributed by atoms with E-state index < -0.39 is 22.3 Å². The first kappa shape index (κ1) is 18.1. The fraction of sp³-hybridized carbons (Fsp3) is 0.312. The zero-order valence-electron chi connectivity index (χ0n) is 13.8. The van der Waals surface area contributed by atoms with Crippen molar-refractivity contribution in [3.05, 3.63) is 52.3 Å². The molecule has 1 aromatic carbocycles. The number of para-hydroxylation sites is 2. The van der Waals surface area contributed by atoms with E-state index in [0.29, 0.717) is 6.42 Å². The summed E-state index contributed by atoms with van der Waals surface area (Å²) in [5, 5.41) is 26.9. The van der Waals surface area contributed by atoms with Gasteiger partial charge in [0.25, 0.3) is 11.6 Å². The third-order valence-corrected chi connectivity index (χ3v) is 3.76. The highest BCUT2D eigenvalue weighted by Crippen LogP contribution is 2.22. The molecule has 9 nitrogen and oxygen atoms in total. The second-order valence-corrected chi connectivity index (χ2v) is 5.73. The number of carbonyl (C=O) groups excluding carboxylic acids is 1. The summed E-state index contributed by atoms with van der Waals surface area (Å²) < 4.78 is 1.21. The van der Waals surface area contributed by atoms with Crippen molar-refractivity contribution in [3.63, 3.8) is 0 Å². The summed E-state index contributed by atoms with van der Waals surface area (Å²) in [5.41, 5.74) is -1.38. The number of rotatable bonds is 7. The van der Waals surface area contributed by atoms with Crippen molar-refractivity contribution in [3.8, 4) is 5.69 Å². The summed E-state index contributed by atoms with van der Waals surface area (Å²) in [7, 11) is 0. The van der Waals surface area contributed by atoms with E-state index in [1.54, 1.807) is 6.07 Å². The maximum atomic E-state index is 12.3. The number of benzene rings is 1. The Labute approximate surface area is 143 Å². The maximum Gasteiger partial charge on any atom is 0.329 e. The highest BCUT2D eigenvalue weighted by atomic mass is 16.6. The number of carbonyl (C=O) groups is 2. The zero-order valence-corrected chi connectivity index (χ0v) is 13.8. The molecule has 0 aliphatic heterocycles. The molecule has 2 rings (SSSR count). The number of nitro benzene ring substituents is 1. The first-order chi connectivity index (χ1) is 11.8. The fourth-order valence-corrected chi connectivity index (χ4v) is 2.43. The van der Waals surface area contributed by atoms with E-state index in [2.05, 4.69) is 10.4 Å². The molecular formula is C16H18N4O5. The zero-order chi connectivity index (χ0) is 18.6. The molecule has 0 fully saturated rings. The van der Waals surface area contributed by atoms with Gasteiger partial charge in [0.05, 0.1) is 4.92 Å². The van der Waals surface area contributed by atoms with Crippen molar-refractivity contribution in [1.29, 1.82) is 0 Å². The Morgan fingerprint density at radius 3 is 2.64 bits per heavy atom. The van der Waals surface area contributed by atoms with Crippen LogP contribution in [0.1, 0.15) is 37.2 Å². The minimum absolute atomic E-state index is 0.0262. The largest absolute Gasteiger partial charge is 0.480 e. The van der Waals surface area contributed by atoms with Gasteiger partial charge in [-0.05, 0) is 25.5 Å². The van der Waals surface area contributed by atoms with Gasteiger partial charge in [0.2, 0.25) is 0 Å². The molecule has 0 saturated heterocycles. The van der Waals surface area contributed by atoms with Crippen molar-refractivity contribution >= 4 is 17.6 Å². The van der Waals surface area contributed by atoms with Crippen molar-refractivity contribution < 1.29 is 19.6 Å². The molecule has 1 aromatic heterocycles. The monoisotopic (exact) mass is 346 g/mol. The SMILES string of the molecule is CCCC(C)(NC(=O)c1ccn(-c2ccccc2[N+](=O)[O-])n1)C(=O)O. The lowest BCUT2D eigenvalue weighted by Gasteiger charge is -2.25. The summed E-state index contributed by atoms with van der Waals surface area (Å²) >= 11 is 0. The molecule has 2 aromatic rings. The van der Waals surface area contributed by atoms with Crippen LogP contribution in [0.4, 0.5) is 5.69 Å². The summed E-state index contributed by atoms with van der Waals surface area (Å²) in [5.74, 6) is -1.79. The Bertz CT molecular complexity index is 816. The molecular weight excluding hydrogens is 328 g/mol. The number of hydrogen-bond acceptors (Lipinski definition) is 5. The van der Waals surface area contributed by atoms with E-state index in [4.69, 9.17) is 0 Å². The number of carboxylic acids is 1. The number of nitrogens with zero attached hydrogens (tertiary/aromatic N) is 3. The summed E-state index contributed by atoms with van der Waals surface area (Å²) in [4.78, 5) is 34.3. The van der Waals surface area contributed by atoms with Crippen LogP contribution in [0, 0.1) is 10.1 Å². The lowest BCUT2D eigenvalue weighted by atomic mass is 9.96. The van der Waals surface area contributed by atoms with E-state index in [9.17, 15) is 24.8 Å². The Morgan fingerprint density at radius 2 is 2.04 bits per heavy atom. The number of aromatic nitrogens is 2. The van der Waals surface area contributed by atoms with Gasteiger partial charge in [-0.2, -0.15) is 5.10 Å². The van der Waals surface area contributed by atoms with Crippen LogP contribution in [0.2, 0.25) is 0 Å². The maximum absolute atomic E-state index is 12.3. The molecule has 2 N–H and O–H groups in total. The van der Waals surface area contributed by atoms with Crippen molar-refractivity contribution in [2.24, 2.45) is 0 Å². The summed E-state index contributed by atoms with van der Waals surface area (Å²) in [6, 6.07) is 7.36. The molecule has 0 bridgehead atoms. The Kier molecular flexibility index (Phi) is 5.16. The predicted molar refractivity (Wildman–Crippen MR) is 88.6 cm³/mol. The average Bonchev–Trinajstić information content (AvgIpc) is 3.04. The number of hydrogen-bond donors (Lipinski definition) is 2. The second kappa shape index (κ2) is 7.12. The van der Waals surface area contributed by atoms with Crippen LogP contribution in [-0.2, 0) is 4.79 Å². The fourth-order valence-electron chi connectivity index (χ4n) is 2.43. The molecule has 1 unspecified atom stereocenters. The van der Waals surface area contributed by atoms with E-state index in [-0.39, 0.29) is 23.5 Å². The minimum atomic E-state index is -1.41. The Hall–Kier alpha value is -3.23. The quantitative estimate of drug-likeness (QED) is 0.584. The highest BCUT2D eigenvalue weighted by Gasteiger charge is 2.34. The van der Waals surface area contributed by atoms with Crippen LogP contribution in [0.5, 0.6) is 0 Å². The molecule has 9 heteroatoms. The smallest absolute Gasteiger partial charge is 0.329 e. The first-order valence-corrected chi connectivity index (χ1v) is 7.64. The molecule has 1 amide bonds. The van der Waals surface area contributed by atoms with Gasteiger partial charge >= 0.3 is 5.97 Å². The van der Waals surface area contributed by atoms with Crippen LogP contribution in [0.25, 0.3) is 5.69 Å². The molecule has 0 aliphatic rings. The lowest BCUT2D eigenvalue weighted by molar-refractivity contribution is -0.384. The van der Waals surface area contributed by atoms with Crippen LogP contribution in [0.3, 0.4) is 0 Å². The van der Waals surface area contributed by atoms with Crippen LogP contribution in [-0.4, -0.2) is 37.2 Å². The van der Waals surface area contributed by atoms with Gasteiger partial charge in [-0.3, -0.25) is 14.9 Å². The second-order valence-electron chi connectivity index (χ2n) is 5.73. The van der Waals surface area contributed by atoms with Gasteiger partial charge in [0.1, 0.15) is 11.2 Å². The number of carboxylic acid groups (broad SMARTS) is 1. The molecule has 132 valence electrons.